The third-order valence-electron chi connectivity index (χ3n) is 3.44. The molecule has 0 saturated heterocycles. The summed E-state index contributed by atoms with van der Waals surface area (Å²) in [6.45, 7) is 0.404. The van der Waals surface area contributed by atoms with Gasteiger partial charge >= 0.3 is 0 Å². The Balaban J connectivity index is 1.75. The first-order valence-corrected chi connectivity index (χ1v) is 11.4. The van der Waals surface area contributed by atoms with Gasteiger partial charge in [0.2, 0.25) is 20.0 Å². The molecule has 0 amide bonds. The van der Waals surface area contributed by atoms with Crippen LogP contribution in [0, 0.1) is 0 Å². The summed E-state index contributed by atoms with van der Waals surface area (Å²) in [5.74, 6) is 0. The highest BCUT2D eigenvalue weighted by molar-refractivity contribution is 7.89. The minimum absolute atomic E-state index is 0.130. The van der Waals surface area contributed by atoms with E-state index in [2.05, 4.69) is 9.44 Å². The van der Waals surface area contributed by atoms with Crippen LogP contribution in [0.3, 0.4) is 0 Å². The van der Waals surface area contributed by atoms with E-state index in [1.807, 2.05) is 0 Å². The van der Waals surface area contributed by atoms with Crippen molar-refractivity contribution in [1.29, 1.82) is 0 Å². The lowest BCUT2D eigenvalue weighted by atomic mass is 10.3. The fraction of sp³-hybridized carbons (Fsp3) is 0.250. The summed E-state index contributed by atoms with van der Waals surface area (Å²) in [4.78, 5) is 0.260. The van der Waals surface area contributed by atoms with Gasteiger partial charge in [-0.15, -0.1) is 0 Å². The van der Waals surface area contributed by atoms with E-state index in [4.69, 9.17) is 23.2 Å². The Hall–Kier alpha value is -1.16. The van der Waals surface area contributed by atoms with Crippen LogP contribution in [0.15, 0.2) is 58.3 Å². The van der Waals surface area contributed by atoms with Gasteiger partial charge in [-0.25, -0.2) is 26.3 Å². The second-order valence-corrected chi connectivity index (χ2v) is 9.82. The highest BCUT2D eigenvalue weighted by Crippen LogP contribution is 2.15. The number of sulfonamides is 2. The largest absolute Gasteiger partial charge is 0.240 e. The molecule has 2 aromatic carbocycles. The average molecular weight is 437 g/mol. The van der Waals surface area contributed by atoms with Crippen LogP contribution < -0.4 is 9.44 Å². The van der Waals surface area contributed by atoms with E-state index in [1.165, 1.54) is 48.5 Å². The van der Waals surface area contributed by atoms with Crippen LogP contribution in [0.1, 0.15) is 12.8 Å². The highest BCUT2D eigenvalue weighted by atomic mass is 35.5. The van der Waals surface area contributed by atoms with Gasteiger partial charge in [-0.3, -0.25) is 0 Å². The fourth-order valence-electron chi connectivity index (χ4n) is 2.06. The summed E-state index contributed by atoms with van der Waals surface area (Å²) in [5.41, 5.74) is 0. The lowest BCUT2D eigenvalue weighted by Gasteiger charge is -2.08. The molecule has 0 spiro atoms. The minimum Gasteiger partial charge on any atom is -0.211 e. The number of nitrogens with one attached hydrogen (secondary N) is 2. The molecule has 2 N–H and O–H groups in total. The van der Waals surface area contributed by atoms with Gasteiger partial charge in [0.05, 0.1) is 9.79 Å². The molecule has 0 atom stereocenters. The zero-order valence-electron chi connectivity index (χ0n) is 13.7. The zero-order chi connectivity index (χ0) is 19.2. The molecule has 0 radical (unpaired) electrons. The Morgan fingerprint density at radius 1 is 0.615 bits per heavy atom. The van der Waals surface area contributed by atoms with Gasteiger partial charge < -0.3 is 0 Å². The molecule has 6 nitrogen and oxygen atoms in total. The first-order chi connectivity index (χ1) is 12.2. The number of halogens is 2. The Morgan fingerprint density at radius 3 is 1.23 bits per heavy atom. The van der Waals surface area contributed by atoms with Crippen LogP contribution in [0.25, 0.3) is 0 Å². The third kappa shape index (κ3) is 6.22. The molecule has 10 heteroatoms. The maximum Gasteiger partial charge on any atom is 0.240 e. The van der Waals surface area contributed by atoms with E-state index in [-0.39, 0.29) is 22.9 Å². The third-order valence-corrected chi connectivity index (χ3v) is 6.89. The van der Waals surface area contributed by atoms with Crippen molar-refractivity contribution >= 4 is 43.2 Å². The van der Waals surface area contributed by atoms with Crippen molar-refractivity contribution in [1.82, 2.24) is 9.44 Å². The normalized spacial score (nSPS) is 12.2. The summed E-state index contributed by atoms with van der Waals surface area (Å²) in [5, 5.41) is 0.911. The van der Waals surface area contributed by atoms with Crippen molar-refractivity contribution in [3.05, 3.63) is 58.6 Å². The molecule has 0 aromatic heterocycles. The second-order valence-electron chi connectivity index (χ2n) is 5.41. The molecule has 2 rings (SSSR count). The molecule has 0 aliphatic carbocycles. The van der Waals surface area contributed by atoms with Gasteiger partial charge in [0.1, 0.15) is 0 Å². The molecule has 0 aliphatic rings. The van der Waals surface area contributed by atoms with Crippen molar-refractivity contribution < 1.29 is 16.8 Å². The number of hydrogen-bond donors (Lipinski definition) is 2. The van der Waals surface area contributed by atoms with E-state index in [9.17, 15) is 16.8 Å². The SMILES string of the molecule is O=S(=O)(NCCCCNS(=O)(=O)c1ccc(Cl)cc1)c1ccc(Cl)cc1. The molecule has 0 bridgehead atoms. The van der Waals surface area contributed by atoms with E-state index in [0.717, 1.165) is 0 Å². The van der Waals surface area contributed by atoms with E-state index >= 15 is 0 Å². The molecule has 0 aliphatic heterocycles. The topological polar surface area (TPSA) is 92.3 Å². The number of hydrogen-bond acceptors (Lipinski definition) is 4. The quantitative estimate of drug-likeness (QED) is 0.590. The number of unbranched alkanes of at least 4 members (excludes halogenated alkanes) is 1. The van der Waals surface area contributed by atoms with Crippen LogP contribution in [-0.2, 0) is 20.0 Å². The van der Waals surface area contributed by atoms with Gasteiger partial charge in [-0.05, 0) is 61.4 Å². The van der Waals surface area contributed by atoms with Gasteiger partial charge in [0, 0.05) is 23.1 Å². The molecule has 26 heavy (non-hydrogen) atoms. The van der Waals surface area contributed by atoms with Gasteiger partial charge in [-0.1, -0.05) is 23.2 Å². The Bertz CT molecular complexity index is 850. The van der Waals surface area contributed by atoms with Crippen LogP contribution in [0.5, 0.6) is 0 Å². The Labute approximate surface area is 163 Å². The lowest BCUT2D eigenvalue weighted by Crippen LogP contribution is -2.27. The van der Waals surface area contributed by atoms with Gasteiger partial charge in [-0.2, -0.15) is 0 Å². The highest BCUT2D eigenvalue weighted by Gasteiger charge is 2.14. The Morgan fingerprint density at radius 2 is 0.923 bits per heavy atom. The fourth-order valence-corrected chi connectivity index (χ4v) is 4.46. The summed E-state index contributed by atoms with van der Waals surface area (Å²) in [7, 11) is -7.20. The Kier molecular flexibility index (Phi) is 7.45. The van der Waals surface area contributed by atoms with Crippen molar-refractivity contribution in [2.45, 2.75) is 22.6 Å². The smallest absolute Gasteiger partial charge is 0.211 e. The zero-order valence-corrected chi connectivity index (χ0v) is 16.8. The minimum atomic E-state index is -3.60. The molecule has 0 unspecified atom stereocenters. The monoisotopic (exact) mass is 436 g/mol. The van der Waals surface area contributed by atoms with E-state index in [0.29, 0.717) is 22.9 Å². The second kappa shape index (κ2) is 9.16. The lowest BCUT2D eigenvalue weighted by molar-refractivity contribution is 0.567. The molecular formula is C16H18Cl2N2O4S2. The van der Waals surface area contributed by atoms with Crippen LogP contribution >= 0.6 is 23.2 Å². The molecule has 0 fully saturated rings. The summed E-state index contributed by atoms with van der Waals surface area (Å²) < 4.78 is 53.2. The van der Waals surface area contributed by atoms with Crippen LogP contribution in [0.4, 0.5) is 0 Å². The summed E-state index contributed by atoms with van der Waals surface area (Å²) in [6, 6.07) is 11.7. The van der Waals surface area contributed by atoms with E-state index in [1.54, 1.807) is 0 Å². The van der Waals surface area contributed by atoms with Crippen molar-refractivity contribution in [3.63, 3.8) is 0 Å². The standard InChI is InChI=1S/C16H18Cl2N2O4S2/c17-13-3-7-15(8-4-13)25(21,22)19-11-1-2-12-20-26(23,24)16-9-5-14(18)6-10-16/h3-10,19-20H,1-2,11-12H2. The predicted octanol–water partition coefficient (Wildman–Crippen LogP) is 3.03. The summed E-state index contributed by atoms with van der Waals surface area (Å²) >= 11 is 11.5. The average Bonchev–Trinajstić information content (AvgIpc) is 2.58. The molecular weight excluding hydrogens is 419 g/mol. The summed E-state index contributed by atoms with van der Waals surface area (Å²) in [6.07, 6.45) is 0.964. The maximum atomic E-state index is 12.1. The number of rotatable bonds is 9. The first-order valence-electron chi connectivity index (χ1n) is 7.71. The van der Waals surface area contributed by atoms with Crippen LogP contribution in [0.2, 0.25) is 10.0 Å². The first kappa shape index (κ1) is 21.1. The van der Waals surface area contributed by atoms with Gasteiger partial charge in [0.15, 0.2) is 0 Å². The van der Waals surface area contributed by atoms with Crippen molar-refractivity contribution in [2.75, 3.05) is 13.1 Å². The number of benzene rings is 2. The van der Waals surface area contributed by atoms with Crippen molar-refractivity contribution in [2.24, 2.45) is 0 Å². The molecule has 0 saturated carbocycles. The maximum absolute atomic E-state index is 12.1. The van der Waals surface area contributed by atoms with Gasteiger partial charge in [0.25, 0.3) is 0 Å². The van der Waals surface area contributed by atoms with E-state index < -0.39 is 20.0 Å². The predicted molar refractivity (Wildman–Crippen MR) is 103 cm³/mol. The van der Waals surface area contributed by atoms with Crippen molar-refractivity contribution in [3.8, 4) is 0 Å². The molecule has 2 aromatic rings. The van der Waals surface area contributed by atoms with Crippen LogP contribution in [-0.4, -0.2) is 29.9 Å². The molecule has 142 valence electrons. The molecule has 0 heterocycles.